The molecule has 0 aliphatic rings. The van der Waals surface area contributed by atoms with Gasteiger partial charge in [0.2, 0.25) is 5.91 Å². The summed E-state index contributed by atoms with van der Waals surface area (Å²) in [6.07, 6.45) is 5.28. The number of carboxylic acids is 1. The van der Waals surface area contributed by atoms with Gasteiger partial charge >= 0.3 is 5.97 Å². The van der Waals surface area contributed by atoms with Crippen LogP contribution < -0.4 is 5.32 Å². The number of hydrogen-bond acceptors (Lipinski definition) is 3. The number of hydrogen-bond donors (Lipinski definition) is 2. The Morgan fingerprint density at radius 2 is 1.95 bits per heavy atom. The fraction of sp³-hybridized carbons (Fsp3) is 0.857. The van der Waals surface area contributed by atoms with E-state index in [1.807, 2.05) is 18.9 Å². The first-order valence-corrected chi connectivity index (χ1v) is 7.15. The number of carbonyl (C=O) groups excluding carboxylic acids is 1. The van der Waals surface area contributed by atoms with Gasteiger partial charge in [-0.3, -0.25) is 14.5 Å². The maximum Gasteiger partial charge on any atom is 0.303 e. The van der Waals surface area contributed by atoms with E-state index in [9.17, 15) is 9.59 Å². The third-order valence-electron chi connectivity index (χ3n) is 2.99. The zero-order chi connectivity index (χ0) is 14.7. The van der Waals surface area contributed by atoms with Crippen LogP contribution in [0.25, 0.3) is 0 Å². The maximum absolute atomic E-state index is 11.7. The molecule has 112 valence electrons. The summed E-state index contributed by atoms with van der Waals surface area (Å²) in [4.78, 5) is 24.0. The number of nitrogens with one attached hydrogen (secondary N) is 1. The number of unbranched alkanes of at least 4 members (excludes halogenated alkanes) is 2. The van der Waals surface area contributed by atoms with Crippen molar-refractivity contribution in [3.05, 3.63) is 0 Å². The minimum absolute atomic E-state index is 0.0156. The van der Waals surface area contributed by atoms with Crippen LogP contribution in [0.1, 0.15) is 52.4 Å². The molecule has 0 saturated carbocycles. The molecule has 5 nitrogen and oxygen atoms in total. The molecule has 0 aromatic rings. The summed E-state index contributed by atoms with van der Waals surface area (Å²) < 4.78 is 0. The Hall–Kier alpha value is -1.10. The van der Waals surface area contributed by atoms with Crippen molar-refractivity contribution in [3.8, 4) is 0 Å². The predicted molar refractivity (Wildman–Crippen MR) is 76.1 cm³/mol. The second-order valence-electron chi connectivity index (χ2n) is 5.20. The lowest BCUT2D eigenvalue weighted by Crippen LogP contribution is -2.40. The van der Waals surface area contributed by atoms with Crippen LogP contribution in [0.2, 0.25) is 0 Å². The van der Waals surface area contributed by atoms with E-state index in [1.54, 1.807) is 0 Å². The topological polar surface area (TPSA) is 69.6 Å². The highest BCUT2D eigenvalue weighted by Crippen LogP contribution is 2.02. The average Bonchev–Trinajstić information content (AvgIpc) is 2.28. The van der Waals surface area contributed by atoms with E-state index >= 15 is 0 Å². The average molecular weight is 272 g/mol. The van der Waals surface area contributed by atoms with Crippen LogP contribution in [0.4, 0.5) is 0 Å². The predicted octanol–water partition coefficient (Wildman–Crippen LogP) is 1.87. The molecule has 0 rings (SSSR count). The number of aliphatic carboxylic acids is 1. The van der Waals surface area contributed by atoms with Gasteiger partial charge in [-0.25, -0.2) is 0 Å². The van der Waals surface area contributed by atoms with Gasteiger partial charge in [-0.15, -0.1) is 0 Å². The second-order valence-corrected chi connectivity index (χ2v) is 5.20. The van der Waals surface area contributed by atoms with Crippen LogP contribution in [0.5, 0.6) is 0 Å². The Morgan fingerprint density at radius 3 is 2.53 bits per heavy atom. The molecule has 5 heteroatoms. The molecule has 2 N–H and O–H groups in total. The summed E-state index contributed by atoms with van der Waals surface area (Å²) in [6, 6.07) is 0.214. The highest BCUT2D eigenvalue weighted by atomic mass is 16.4. The zero-order valence-corrected chi connectivity index (χ0v) is 12.4. The molecule has 1 atom stereocenters. The van der Waals surface area contributed by atoms with Gasteiger partial charge in [0.15, 0.2) is 0 Å². The minimum atomic E-state index is -0.789. The quantitative estimate of drug-likeness (QED) is 0.563. The smallest absolute Gasteiger partial charge is 0.303 e. The number of carboxylic acid groups (broad SMARTS) is 1. The largest absolute Gasteiger partial charge is 0.481 e. The van der Waals surface area contributed by atoms with E-state index in [0.29, 0.717) is 19.5 Å². The van der Waals surface area contributed by atoms with Crippen molar-refractivity contribution in [1.82, 2.24) is 10.2 Å². The van der Waals surface area contributed by atoms with Crippen molar-refractivity contribution in [2.24, 2.45) is 0 Å². The summed E-state index contributed by atoms with van der Waals surface area (Å²) in [5.41, 5.74) is 0. The standard InChI is InChI=1S/C14H28N2O3/c1-4-5-6-8-12(2)15-13(17)11-16(3)10-7-9-14(18)19/h12H,4-11H2,1-3H3,(H,15,17)(H,18,19). The van der Waals surface area contributed by atoms with Crippen molar-refractivity contribution in [2.75, 3.05) is 20.1 Å². The Labute approximate surface area is 116 Å². The van der Waals surface area contributed by atoms with Crippen molar-refractivity contribution in [3.63, 3.8) is 0 Å². The first-order valence-electron chi connectivity index (χ1n) is 7.15. The van der Waals surface area contributed by atoms with Crippen molar-refractivity contribution in [2.45, 2.75) is 58.4 Å². The van der Waals surface area contributed by atoms with Crippen LogP contribution in [-0.4, -0.2) is 48.1 Å². The molecular formula is C14H28N2O3. The third kappa shape index (κ3) is 11.7. The normalized spacial score (nSPS) is 12.4. The minimum Gasteiger partial charge on any atom is -0.481 e. The molecule has 0 aliphatic carbocycles. The molecule has 0 aromatic carbocycles. The van der Waals surface area contributed by atoms with Gasteiger partial charge in [-0.1, -0.05) is 26.2 Å². The molecule has 0 aromatic heterocycles. The summed E-state index contributed by atoms with van der Waals surface area (Å²) in [5, 5.41) is 11.5. The van der Waals surface area contributed by atoms with E-state index < -0.39 is 5.97 Å². The molecule has 0 fully saturated rings. The van der Waals surface area contributed by atoms with E-state index in [4.69, 9.17) is 5.11 Å². The summed E-state index contributed by atoms with van der Waals surface area (Å²) in [7, 11) is 1.84. The summed E-state index contributed by atoms with van der Waals surface area (Å²) in [5.74, 6) is -0.774. The van der Waals surface area contributed by atoms with Crippen LogP contribution in [0.15, 0.2) is 0 Å². The van der Waals surface area contributed by atoms with Gasteiger partial charge in [0.05, 0.1) is 6.54 Å². The lowest BCUT2D eigenvalue weighted by atomic mass is 10.1. The van der Waals surface area contributed by atoms with Gasteiger partial charge in [-0.2, -0.15) is 0 Å². The summed E-state index contributed by atoms with van der Waals surface area (Å²) in [6.45, 7) is 5.15. The van der Waals surface area contributed by atoms with Gasteiger partial charge in [-0.05, 0) is 33.4 Å². The number of nitrogens with zero attached hydrogens (tertiary/aromatic N) is 1. The molecule has 19 heavy (non-hydrogen) atoms. The van der Waals surface area contributed by atoms with Gasteiger partial charge in [0, 0.05) is 12.5 Å². The lowest BCUT2D eigenvalue weighted by Gasteiger charge is -2.18. The summed E-state index contributed by atoms with van der Waals surface area (Å²) >= 11 is 0. The number of likely N-dealkylation sites (N-methyl/N-ethyl adjacent to an activating group) is 1. The van der Waals surface area contributed by atoms with E-state index in [1.165, 1.54) is 12.8 Å². The molecule has 0 bridgehead atoms. The third-order valence-corrected chi connectivity index (χ3v) is 2.99. The van der Waals surface area contributed by atoms with Crippen molar-refractivity contribution < 1.29 is 14.7 Å². The number of rotatable bonds is 11. The van der Waals surface area contributed by atoms with Crippen molar-refractivity contribution in [1.29, 1.82) is 0 Å². The molecular weight excluding hydrogens is 244 g/mol. The van der Waals surface area contributed by atoms with Crippen LogP contribution in [0, 0.1) is 0 Å². The van der Waals surface area contributed by atoms with Gasteiger partial charge < -0.3 is 10.4 Å². The van der Waals surface area contributed by atoms with E-state index in [0.717, 1.165) is 12.8 Å². The fourth-order valence-corrected chi connectivity index (χ4v) is 1.92. The van der Waals surface area contributed by atoms with Crippen LogP contribution in [0.3, 0.4) is 0 Å². The first-order chi connectivity index (χ1) is 8.95. The Bertz CT molecular complexity index is 269. The lowest BCUT2D eigenvalue weighted by molar-refractivity contribution is -0.137. The molecule has 0 saturated heterocycles. The van der Waals surface area contributed by atoms with E-state index in [-0.39, 0.29) is 18.4 Å². The SMILES string of the molecule is CCCCCC(C)NC(=O)CN(C)CCCC(=O)O. The zero-order valence-electron chi connectivity index (χ0n) is 12.4. The number of carbonyl (C=O) groups is 2. The monoisotopic (exact) mass is 272 g/mol. The van der Waals surface area contributed by atoms with Gasteiger partial charge in [0.25, 0.3) is 0 Å². The molecule has 0 aliphatic heterocycles. The molecule has 1 amide bonds. The molecule has 0 heterocycles. The highest BCUT2D eigenvalue weighted by molar-refractivity contribution is 5.78. The second kappa shape index (κ2) is 10.8. The Morgan fingerprint density at radius 1 is 1.26 bits per heavy atom. The first kappa shape index (κ1) is 17.9. The molecule has 1 unspecified atom stereocenters. The maximum atomic E-state index is 11.7. The van der Waals surface area contributed by atoms with Crippen LogP contribution in [-0.2, 0) is 9.59 Å². The molecule has 0 spiro atoms. The fourth-order valence-electron chi connectivity index (χ4n) is 1.92. The number of amides is 1. The van der Waals surface area contributed by atoms with E-state index in [2.05, 4.69) is 12.2 Å². The Kier molecular flexibility index (Phi) is 10.2. The van der Waals surface area contributed by atoms with Gasteiger partial charge in [0.1, 0.15) is 0 Å². The van der Waals surface area contributed by atoms with Crippen LogP contribution >= 0.6 is 0 Å². The van der Waals surface area contributed by atoms with Crippen molar-refractivity contribution >= 4 is 11.9 Å². The Balaban J connectivity index is 3.68. The molecule has 0 radical (unpaired) electrons. The highest BCUT2D eigenvalue weighted by Gasteiger charge is 2.10.